The molecule has 0 aliphatic carbocycles. The molecule has 0 amide bonds. The summed E-state index contributed by atoms with van der Waals surface area (Å²) in [5.41, 5.74) is 0. The van der Waals surface area contributed by atoms with E-state index in [1.807, 2.05) is 6.92 Å². The lowest BCUT2D eigenvalue weighted by Crippen LogP contribution is -1.64. The number of halogens is 1. The minimum Gasteiger partial charge on any atom is -0.234 e. The fraction of sp³-hybridized carbons (Fsp3) is 0.400. The molecular weight excluding hydrogens is 186 g/mol. The third kappa shape index (κ3) is 1.09. The van der Waals surface area contributed by atoms with E-state index < -0.39 is 0 Å². The van der Waals surface area contributed by atoms with Gasteiger partial charge in [-0.05, 0) is 29.8 Å². The molecule has 0 radical (unpaired) electrons. The van der Waals surface area contributed by atoms with Gasteiger partial charge >= 0.3 is 0 Å². The van der Waals surface area contributed by atoms with Gasteiger partial charge in [-0.3, -0.25) is 0 Å². The molecule has 0 atom stereocenters. The van der Waals surface area contributed by atoms with Crippen molar-refractivity contribution in [1.29, 1.82) is 0 Å². The van der Waals surface area contributed by atoms with Gasteiger partial charge in [-0.1, -0.05) is 0 Å². The molecule has 1 heterocycles. The van der Waals surface area contributed by atoms with E-state index in [2.05, 4.69) is 27.8 Å². The maximum absolute atomic E-state index is 4.15. The number of hydrogen-bond acceptors (Lipinski definition) is 2. The first-order chi connectivity index (χ1) is 3.70. The van der Waals surface area contributed by atoms with Crippen molar-refractivity contribution in [2.45, 2.75) is 13.8 Å². The minimum atomic E-state index is 0.986. The third-order valence-electron chi connectivity index (χ3n) is 0.847. The highest BCUT2D eigenvalue weighted by Crippen LogP contribution is 2.20. The van der Waals surface area contributed by atoms with Gasteiger partial charge in [0.2, 0.25) is 0 Å². The second kappa shape index (κ2) is 2.15. The van der Waals surface area contributed by atoms with Gasteiger partial charge in [-0.25, -0.2) is 4.98 Å². The molecule has 0 unspecified atom stereocenters. The zero-order chi connectivity index (χ0) is 6.15. The molecule has 0 aliphatic heterocycles. The molecule has 0 aromatic carbocycles. The van der Waals surface area contributed by atoms with Crippen LogP contribution in [0.25, 0.3) is 0 Å². The Bertz CT molecular complexity index is 175. The SMILES string of the molecule is Cc1nc(Br)c(C)s1. The summed E-state index contributed by atoms with van der Waals surface area (Å²) in [6.07, 6.45) is 0. The molecule has 1 aromatic rings. The monoisotopic (exact) mass is 191 g/mol. The lowest BCUT2D eigenvalue weighted by atomic mass is 10.6. The average Bonchev–Trinajstić information content (AvgIpc) is 1.85. The Labute approximate surface area is 60.9 Å². The van der Waals surface area contributed by atoms with Crippen LogP contribution in [0.2, 0.25) is 0 Å². The molecule has 0 aliphatic rings. The molecule has 0 fully saturated rings. The van der Waals surface area contributed by atoms with E-state index in [1.165, 1.54) is 4.88 Å². The molecule has 0 spiro atoms. The molecule has 3 heteroatoms. The van der Waals surface area contributed by atoms with Crippen LogP contribution in [0, 0.1) is 13.8 Å². The van der Waals surface area contributed by atoms with Crippen LogP contribution < -0.4 is 0 Å². The van der Waals surface area contributed by atoms with Gasteiger partial charge in [0.05, 0.1) is 5.01 Å². The fourth-order valence-electron chi connectivity index (χ4n) is 0.503. The van der Waals surface area contributed by atoms with E-state index in [9.17, 15) is 0 Å². The Balaban J connectivity index is 3.14. The zero-order valence-electron chi connectivity index (χ0n) is 4.73. The van der Waals surface area contributed by atoms with Gasteiger partial charge < -0.3 is 0 Å². The first kappa shape index (κ1) is 6.23. The van der Waals surface area contributed by atoms with Gasteiger partial charge in [0.1, 0.15) is 4.60 Å². The van der Waals surface area contributed by atoms with Crippen molar-refractivity contribution in [2.24, 2.45) is 0 Å². The van der Waals surface area contributed by atoms with Crippen LogP contribution in [0.4, 0.5) is 0 Å². The predicted molar refractivity (Wildman–Crippen MR) is 39.3 cm³/mol. The lowest BCUT2D eigenvalue weighted by molar-refractivity contribution is 1.24. The van der Waals surface area contributed by atoms with Crippen LogP contribution in [0.3, 0.4) is 0 Å². The maximum Gasteiger partial charge on any atom is 0.120 e. The van der Waals surface area contributed by atoms with Crippen molar-refractivity contribution in [3.63, 3.8) is 0 Å². The Hall–Kier alpha value is 0.110. The Morgan fingerprint density at radius 3 is 2.25 bits per heavy atom. The molecule has 0 saturated heterocycles. The molecule has 1 aromatic heterocycles. The molecular formula is C5H6BrNS. The summed E-state index contributed by atoms with van der Waals surface area (Å²) >= 11 is 5.03. The van der Waals surface area contributed by atoms with Crippen LogP contribution in [-0.4, -0.2) is 4.98 Å². The normalized spacial score (nSPS) is 9.88. The minimum absolute atomic E-state index is 0.986. The Morgan fingerprint density at radius 1 is 1.50 bits per heavy atom. The van der Waals surface area contributed by atoms with E-state index >= 15 is 0 Å². The summed E-state index contributed by atoms with van der Waals surface area (Å²) in [7, 11) is 0. The van der Waals surface area contributed by atoms with Crippen LogP contribution in [-0.2, 0) is 0 Å². The summed E-state index contributed by atoms with van der Waals surface area (Å²) in [6.45, 7) is 4.05. The van der Waals surface area contributed by atoms with Gasteiger partial charge in [0.15, 0.2) is 0 Å². The van der Waals surface area contributed by atoms with Gasteiger partial charge in [-0.2, -0.15) is 0 Å². The van der Waals surface area contributed by atoms with Gasteiger partial charge in [0, 0.05) is 4.88 Å². The van der Waals surface area contributed by atoms with E-state index in [0.717, 1.165) is 9.61 Å². The van der Waals surface area contributed by atoms with E-state index in [0.29, 0.717) is 0 Å². The van der Waals surface area contributed by atoms with E-state index in [1.54, 1.807) is 11.3 Å². The van der Waals surface area contributed by atoms with E-state index in [4.69, 9.17) is 0 Å². The van der Waals surface area contributed by atoms with Crippen molar-refractivity contribution in [3.05, 3.63) is 14.5 Å². The Morgan fingerprint density at radius 2 is 2.12 bits per heavy atom. The van der Waals surface area contributed by atoms with Crippen molar-refractivity contribution in [1.82, 2.24) is 4.98 Å². The standard InChI is InChI=1S/C5H6BrNS/c1-3-5(6)7-4(2)8-3/h1-2H3. The first-order valence-corrected chi connectivity index (χ1v) is 3.90. The van der Waals surface area contributed by atoms with Gasteiger partial charge in [0.25, 0.3) is 0 Å². The van der Waals surface area contributed by atoms with Gasteiger partial charge in [-0.15, -0.1) is 11.3 Å². The quantitative estimate of drug-likeness (QED) is 0.615. The lowest BCUT2D eigenvalue weighted by Gasteiger charge is -1.75. The Kier molecular flexibility index (Phi) is 1.68. The van der Waals surface area contributed by atoms with Crippen LogP contribution in [0.1, 0.15) is 9.88 Å². The number of thiazole rings is 1. The molecule has 0 N–H and O–H groups in total. The molecule has 44 valence electrons. The highest BCUT2D eigenvalue weighted by Gasteiger charge is 1.97. The predicted octanol–water partition coefficient (Wildman–Crippen LogP) is 2.52. The first-order valence-electron chi connectivity index (χ1n) is 2.29. The maximum atomic E-state index is 4.15. The number of aryl methyl sites for hydroxylation is 2. The fourth-order valence-corrected chi connectivity index (χ4v) is 1.84. The van der Waals surface area contributed by atoms with Crippen molar-refractivity contribution in [2.75, 3.05) is 0 Å². The summed E-state index contributed by atoms with van der Waals surface area (Å²) in [5.74, 6) is 0. The van der Waals surface area contributed by atoms with Crippen LogP contribution in [0.15, 0.2) is 4.60 Å². The van der Waals surface area contributed by atoms with E-state index in [-0.39, 0.29) is 0 Å². The largest absolute Gasteiger partial charge is 0.234 e. The molecule has 8 heavy (non-hydrogen) atoms. The summed E-state index contributed by atoms with van der Waals surface area (Å²) < 4.78 is 0.986. The van der Waals surface area contributed by atoms with Crippen molar-refractivity contribution >= 4 is 27.3 Å². The van der Waals surface area contributed by atoms with Crippen LogP contribution >= 0.6 is 27.3 Å². The second-order valence-electron chi connectivity index (χ2n) is 1.58. The number of nitrogens with zero attached hydrogens (tertiary/aromatic N) is 1. The summed E-state index contributed by atoms with van der Waals surface area (Å²) in [6, 6.07) is 0. The smallest absolute Gasteiger partial charge is 0.120 e. The third-order valence-corrected chi connectivity index (χ3v) is 2.77. The van der Waals surface area contributed by atoms with Crippen LogP contribution in [0.5, 0.6) is 0 Å². The topological polar surface area (TPSA) is 12.9 Å². The summed E-state index contributed by atoms with van der Waals surface area (Å²) in [5, 5.41) is 1.12. The molecule has 0 saturated carbocycles. The second-order valence-corrected chi connectivity index (χ2v) is 3.74. The highest BCUT2D eigenvalue weighted by molar-refractivity contribution is 9.10. The summed E-state index contributed by atoms with van der Waals surface area (Å²) in [4.78, 5) is 5.40. The zero-order valence-corrected chi connectivity index (χ0v) is 7.14. The highest BCUT2D eigenvalue weighted by atomic mass is 79.9. The molecule has 1 rings (SSSR count). The number of aromatic nitrogens is 1. The van der Waals surface area contributed by atoms with Crippen molar-refractivity contribution < 1.29 is 0 Å². The number of hydrogen-bond donors (Lipinski definition) is 0. The number of rotatable bonds is 0. The molecule has 1 nitrogen and oxygen atoms in total. The van der Waals surface area contributed by atoms with Crippen molar-refractivity contribution in [3.8, 4) is 0 Å². The average molecular weight is 192 g/mol. The molecule has 0 bridgehead atoms.